The summed E-state index contributed by atoms with van der Waals surface area (Å²) in [4.78, 5) is 2.47. The van der Waals surface area contributed by atoms with Gasteiger partial charge in [-0.15, -0.1) is 0 Å². The summed E-state index contributed by atoms with van der Waals surface area (Å²) in [7, 11) is 0. The van der Waals surface area contributed by atoms with Crippen molar-refractivity contribution in [3.63, 3.8) is 0 Å². The molecule has 2 aliphatic rings. The summed E-state index contributed by atoms with van der Waals surface area (Å²) in [5, 5.41) is 0. The highest BCUT2D eigenvalue weighted by Gasteiger charge is 2.48. The van der Waals surface area contributed by atoms with Gasteiger partial charge in [0.05, 0.1) is 6.04 Å². The molecule has 0 saturated carbocycles. The average molecular weight is 273 g/mol. The van der Waals surface area contributed by atoms with Crippen LogP contribution < -0.4 is 4.90 Å². The summed E-state index contributed by atoms with van der Waals surface area (Å²) in [6.07, 6.45) is 6.78. The topological polar surface area (TPSA) is 3.24 Å². The van der Waals surface area contributed by atoms with Crippen molar-refractivity contribution < 1.29 is 0 Å². The van der Waals surface area contributed by atoms with Crippen molar-refractivity contribution in [2.24, 2.45) is 0 Å². The number of nitrogens with zero attached hydrogens (tertiary/aromatic N) is 1. The quantitative estimate of drug-likeness (QED) is 0.708. The number of allylic oxidation sites excluding steroid dienone is 2. The summed E-state index contributed by atoms with van der Waals surface area (Å²) < 4.78 is 0. The van der Waals surface area contributed by atoms with E-state index >= 15 is 0 Å². The van der Waals surface area contributed by atoms with Gasteiger partial charge in [-0.2, -0.15) is 0 Å². The molecule has 0 saturated heterocycles. The molecule has 1 heterocycles. The van der Waals surface area contributed by atoms with Crippen LogP contribution in [-0.4, -0.2) is 6.04 Å². The second kappa shape index (κ2) is 4.36. The van der Waals surface area contributed by atoms with Crippen LogP contribution >= 0.6 is 0 Å². The molecule has 0 aromatic heterocycles. The van der Waals surface area contributed by atoms with Crippen LogP contribution in [0.4, 0.5) is 11.4 Å². The van der Waals surface area contributed by atoms with Crippen LogP contribution in [0.3, 0.4) is 0 Å². The number of benzene rings is 2. The number of rotatable bonds is 1. The van der Waals surface area contributed by atoms with Gasteiger partial charge in [0, 0.05) is 16.8 Å². The van der Waals surface area contributed by atoms with Crippen LogP contribution in [0.25, 0.3) is 0 Å². The van der Waals surface area contributed by atoms with Crippen LogP contribution in [0.2, 0.25) is 0 Å². The molecule has 2 aromatic carbocycles. The third-order valence-corrected chi connectivity index (χ3v) is 5.09. The Morgan fingerprint density at radius 1 is 0.952 bits per heavy atom. The Bertz CT molecular complexity index is 741. The lowest BCUT2D eigenvalue weighted by atomic mass is 9.71. The van der Waals surface area contributed by atoms with Crippen molar-refractivity contribution in [1.29, 1.82) is 0 Å². The summed E-state index contributed by atoms with van der Waals surface area (Å²) in [5.74, 6) is 0. The number of para-hydroxylation sites is 2. The van der Waals surface area contributed by atoms with Crippen molar-refractivity contribution in [3.8, 4) is 0 Å². The number of hydrogen-bond acceptors (Lipinski definition) is 1. The largest absolute Gasteiger partial charge is 0.333 e. The summed E-state index contributed by atoms with van der Waals surface area (Å²) in [5.41, 5.74) is 5.51. The van der Waals surface area contributed by atoms with E-state index in [1.54, 1.807) is 0 Å². The van der Waals surface area contributed by atoms with E-state index in [1.807, 2.05) is 0 Å². The van der Waals surface area contributed by atoms with E-state index in [0.717, 1.165) is 0 Å². The van der Waals surface area contributed by atoms with E-state index in [1.165, 1.54) is 22.5 Å². The van der Waals surface area contributed by atoms with Crippen LogP contribution in [0.15, 0.2) is 78.4 Å². The molecule has 1 aliphatic heterocycles. The fourth-order valence-electron chi connectivity index (χ4n) is 3.78. The summed E-state index contributed by atoms with van der Waals surface area (Å²) in [6, 6.07) is 19.9. The zero-order valence-corrected chi connectivity index (χ0v) is 12.5. The van der Waals surface area contributed by atoms with Gasteiger partial charge in [-0.1, -0.05) is 60.2 Å². The molecule has 21 heavy (non-hydrogen) atoms. The van der Waals surface area contributed by atoms with Crippen LogP contribution in [0, 0.1) is 0 Å². The maximum atomic E-state index is 2.47. The zero-order valence-electron chi connectivity index (χ0n) is 12.5. The first-order valence-electron chi connectivity index (χ1n) is 7.52. The Balaban J connectivity index is 1.98. The smallest absolute Gasteiger partial charge is 0.0657 e. The highest BCUT2D eigenvalue weighted by Crippen LogP contribution is 2.53. The van der Waals surface area contributed by atoms with Gasteiger partial charge in [-0.25, -0.2) is 0 Å². The Kier molecular flexibility index (Phi) is 2.58. The average Bonchev–Trinajstić information content (AvgIpc) is 2.80. The standard InChI is InChI=1S/C20H19N/c1-15-9-8-14-19-20(15,2)17-12-6-7-13-18(17)21(19)16-10-4-3-5-11-16/h3-14,19H,1-2H3. The molecule has 2 unspecified atom stereocenters. The minimum Gasteiger partial charge on any atom is -0.333 e. The fourth-order valence-corrected chi connectivity index (χ4v) is 3.78. The van der Waals surface area contributed by atoms with Gasteiger partial charge >= 0.3 is 0 Å². The maximum absolute atomic E-state index is 2.47. The van der Waals surface area contributed by atoms with E-state index in [2.05, 4.69) is 91.6 Å². The zero-order chi connectivity index (χ0) is 14.4. The van der Waals surface area contributed by atoms with Crippen molar-refractivity contribution in [1.82, 2.24) is 0 Å². The Morgan fingerprint density at radius 3 is 2.48 bits per heavy atom. The number of anilines is 2. The van der Waals surface area contributed by atoms with Crippen LogP contribution in [0.5, 0.6) is 0 Å². The highest BCUT2D eigenvalue weighted by molar-refractivity contribution is 5.77. The van der Waals surface area contributed by atoms with Crippen molar-refractivity contribution in [3.05, 3.63) is 84.0 Å². The minimum absolute atomic E-state index is 0.0567. The molecule has 0 spiro atoms. The molecular formula is C20H19N. The molecule has 1 aliphatic carbocycles. The summed E-state index contributed by atoms with van der Waals surface area (Å²) >= 11 is 0. The molecule has 4 rings (SSSR count). The molecule has 0 bridgehead atoms. The van der Waals surface area contributed by atoms with Gasteiger partial charge in [-0.3, -0.25) is 0 Å². The van der Waals surface area contributed by atoms with E-state index in [4.69, 9.17) is 0 Å². The van der Waals surface area contributed by atoms with Crippen LogP contribution in [-0.2, 0) is 5.41 Å². The predicted octanol–water partition coefficient (Wildman–Crippen LogP) is 4.98. The number of hydrogen-bond donors (Lipinski definition) is 0. The molecule has 0 fully saturated rings. The van der Waals surface area contributed by atoms with Crippen molar-refractivity contribution in [2.75, 3.05) is 4.90 Å². The first-order chi connectivity index (χ1) is 10.2. The summed E-state index contributed by atoms with van der Waals surface area (Å²) in [6.45, 7) is 4.62. The van der Waals surface area contributed by atoms with E-state index in [-0.39, 0.29) is 5.41 Å². The fraction of sp³-hybridized carbons (Fsp3) is 0.200. The second-order valence-electron chi connectivity index (χ2n) is 6.10. The first kappa shape index (κ1) is 12.5. The van der Waals surface area contributed by atoms with Gasteiger partial charge in [0.1, 0.15) is 0 Å². The molecule has 0 N–H and O–H groups in total. The highest BCUT2D eigenvalue weighted by atomic mass is 15.2. The second-order valence-corrected chi connectivity index (χ2v) is 6.10. The molecule has 2 aromatic rings. The molecular weight excluding hydrogens is 254 g/mol. The minimum atomic E-state index is 0.0567. The van der Waals surface area contributed by atoms with Crippen LogP contribution in [0.1, 0.15) is 19.4 Å². The van der Waals surface area contributed by atoms with E-state index < -0.39 is 0 Å². The Morgan fingerprint density at radius 2 is 1.67 bits per heavy atom. The van der Waals surface area contributed by atoms with Gasteiger partial charge in [-0.05, 0) is 37.6 Å². The maximum Gasteiger partial charge on any atom is 0.0657 e. The van der Waals surface area contributed by atoms with E-state index in [0.29, 0.717) is 6.04 Å². The van der Waals surface area contributed by atoms with Gasteiger partial charge in [0.15, 0.2) is 0 Å². The lowest BCUT2D eigenvalue weighted by molar-refractivity contribution is 0.517. The normalized spacial score (nSPS) is 26.3. The van der Waals surface area contributed by atoms with Gasteiger partial charge < -0.3 is 4.90 Å². The third kappa shape index (κ3) is 1.58. The lowest BCUT2D eigenvalue weighted by Gasteiger charge is -2.37. The van der Waals surface area contributed by atoms with Gasteiger partial charge in [0.2, 0.25) is 0 Å². The molecule has 0 radical (unpaired) electrons. The van der Waals surface area contributed by atoms with Crippen molar-refractivity contribution in [2.45, 2.75) is 25.3 Å². The molecule has 2 atom stereocenters. The molecule has 0 amide bonds. The molecule has 1 heteroatoms. The Labute approximate surface area is 126 Å². The van der Waals surface area contributed by atoms with Crippen molar-refractivity contribution >= 4 is 11.4 Å². The molecule has 104 valence electrons. The lowest BCUT2D eigenvalue weighted by Crippen LogP contribution is -2.41. The molecule has 1 nitrogen and oxygen atoms in total. The monoisotopic (exact) mass is 273 g/mol. The van der Waals surface area contributed by atoms with E-state index in [9.17, 15) is 0 Å². The first-order valence-corrected chi connectivity index (χ1v) is 7.52. The predicted molar refractivity (Wildman–Crippen MR) is 89.1 cm³/mol. The van der Waals surface area contributed by atoms with Gasteiger partial charge in [0.25, 0.3) is 0 Å². The third-order valence-electron chi connectivity index (χ3n) is 5.09. The number of fused-ring (bicyclic) bond motifs is 3. The SMILES string of the molecule is CC1=CC=CC2N(c3ccccc3)c3ccccc3C12C. The Hall–Kier alpha value is -2.28.